The number of ether oxygens (including phenoxy) is 2. The van der Waals surface area contributed by atoms with Crippen molar-refractivity contribution in [2.45, 2.75) is 46.8 Å². The maximum atomic E-state index is 5.82. The molecule has 2 nitrogen and oxygen atoms in total. The molecule has 0 N–H and O–H groups in total. The molecule has 0 aliphatic rings. The van der Waals surface area contributed by atoms with Crippen LogP contribution in [0.5, 0.6) is 5.75 Å². The number of aryl methyl sites for hydroxylation is 1. The highest BCUT2D eigenvalue weighted by Gasteiger charge is 2.19. The molecule has 0 saturated carbocycles. The summed E-state index contributed by atoms with van der Waals surface area (Å²) in [6, 6.07) is 8.21. The maximum Gasteiger partial charge on any atom is 0.200 e. The molecule has 0 bridgehead atoms. The first kappa shape index (κ1) is 14.0. The number of benzene rings is 1. The van der Waals surface area contributed by atoms with Gasteiger partial charge in [-0.05, 0) is 29.5 Å². The van der Waals surface area contributed by atoms with Gasteiger partial charge >= 0.3 is 0 Å². The quantitative estimate of drug-likeness (QED) is 0.718. The van der Waals surface area contributed by atoms with Crippen LogP contribution in [0.3, 0.4) is 0 Å². The van der Waals surface area contributed by atoms with E-state index >= 15 is 0 Å². The van der Waals surface area contributed by atoms with E-state index in [9.17, 15) is 0 Å². The summed E-state index contributed by atoms with van der Waals surface area (Å²) in [7, 11) is 1.69. The minimum Gasteiger partial charge on any atom is -0.465 e. The second-order valence-electron chi connectivity index (χ2n) is 5.55. The average molecular weight is 236 g/mol. The fourth-order valence-electron chi connectivity index (χ4n) is 1.63. The van der Waals surface area contributed by atoms with Crippen molar-refractivity contribution in [1.82, 2.24) is 0 Å². The van der Waals surface area contributed by atoms with Crippen LogP contribution in [0.4, 0.5) is 0 Å². The number of hydrogen-bond acceptors (Lipinski definition) is 2. The van der Waals surface area contributed by atoms with Gasteiger partial charge in [-0.1, -0.05) is 39.8 Å². The minimum atomic E-state index is -0.178. The normalized spacial score (nSPS) is 13.5. The molecular formula is C15H24O2. The Labute approximate surface area is 105 Å². The largest absolute Gasteiger partial charge is 0.465 e. The second kappa shape index (κ2) is 6.06. The topological polar surface area (TPSA) is 18.5 Å². The van der Waals surface area contributed by atoms with E-state index in [0.29, 0.717) is 0 Å². The van der Waals surface area contributed by atoms with Gasteiger partial charge < -0.3 is 9.47 Å². The third kappa shape index (κ3) is 5.22. The molecule has 1 unspecified atom stereocenters. The van der Waals surface area contributed by atoms with Gasteiger partial charge in [0.1, 0.15) is 5.75 Å². The Bertz CT molecular complexity index is 322. The lowest BCUT2D eigenvalue weighted by Crippen LogP contribution is -2.25. The van der Waals surface area contributed by atoms with Crippen LogP contribution in [0.2, 0.25) is 0 Å². The molecule has 0 aliphatic carbocycles. The molecule has 0 heterocycles. The van der Waals surface area contributed by atoms with Gasteiger partial charge in [0.05, 0.1) is 0 Å². The van der Waals surface area contributed by atoms with Gasteiger partial charge in [0.2, 0.25) is 0 Å². The SMILES string of the molecule is CCc1ccc(OC(CC(C)(C)C)OC)cc1. The zero-order chi connectivity index (χ0) is 12.9. The van der Waals surface area contributed by atoms with Crippen LogP contribution >= 0.6 is 0 Å². The Morgan fingerprint density at radius 2 is 1.71 bits per heavy atom. The lowest BCUT2D eigenvalue weighted by Gasteiger charge is -2.25. The van der Waals surface area contributed by atoms with Crippen LogP contribution < -0.4 is 4.74 Å². The molecular weight excluding hydrogens is 212 g/mol. The van der Waals surface area contributed by atoms with E-state index in [-0.39, 0.29) is 11.7 Å². The standard InChI is InChI=1S/C15H24O2/c1-6-12-7-9-13(10-8-12)17-14(16-5)11-15(2,3)4/h7-10,14H,6,11H2,1-5H3. The predicted molar refractivity (Wildman–Crippen MR) is 71.3 cm³/mol. The summed E-state index contributed by atoms with van der Waals surface area (Å²) in [5, 5.41) is 0. The highest BCUT2D eigenvalue weighted by molar-refractivity contribution is 5.27. The van der Waals surface area contributed by atoms with Crippen molar-refractivity contribution in [3.05, 3.63) is 29.8 Å². The molecule has 1 atom stereocenters. The van der Waals surface area contributed by atoms with Crippen LogP contribution in [0.15, 0.2) is 24.3 Å². The number of methoxy groups -OCH3 is 1. The van der Waals surface area contributed by atoms with Crippen molar-refractivity contribution in [2.24, 2.45) is 5.41 Å². The molecule has 96 valence electrons. The third-order valence-electron chi connectivity index (χ3n) is 2.64. The summed E-state index contributed by atoms with van der Waals surface area (Å²) in [6.45, 7) is 8.70. The molecule has 2 heteroatoms. The Morgan fingerprint density at radius 3 is 2.12 bits per heavy atom. The Morgan fingerprint density at radius 1 is 1.12 bits per heavy atom. The molecule has 1 aromatic rings. The molecule has 1 aromatic carbocycles. The number of hydrogen-bond donors (Lipinski definition) is 0. The molecule has 0 aromatic heterocycles. The van der Waals surface area contributed by atoms with E-state index in [1.807, 2.05) is 12.1 Å². The van der Waals surface area contributed by atoms with Crippen LogP contribution in [0.25, 0.3) is 0 Å². The summed E-state index contributed by atoms with van der Waals surface area (Å²) in [6.07, 6.45) is 1.75. The first-order valence-corrected chi connectivity index (χ1v) is 6.23. The molecule has 0 aliphatic heterocycles. The third-order valence-corrected chi connectivity index (χ3v) is 2.64. The second-order valence-corrected chi connectivity index (χ2v) is 5.55. The molecule has 0 fully saturated rings. The van der Waals surface area contributed by atoms with Crippen molar-refractivity contribution in [2.75, 3.05) is 7.11 Å². The van der Waals surface area contributed by atoms with Gasteiger partial charge in [0.25, 0.3) is 0 Å². The zero-order valence-corrected chi connectivity index (χ0v) is 11.6. The zero-order valence-electron chi connectivity index (χ0n) is 11.6. The van der Waals surface area contributed by atoms with Gasteiger partial charge in [-0.25, -0.2) is 0 Å². The molecule has 0 saturated heterocycles. The summed E-state index contributed by atoms with van der Waals surface area (Å²) in [4.78, 5) is 0. The average Bonchev–Trinajstić information content (AvgIpc) is 2.27. The summed E-state index contributed by atoms with van der Waals surface area (Å²) >= 11 is 0. The monoisotopic (exact) mass is 236 g/mol. The van der Waals surface area contributed by atoms with Crippen LogP contribution in [0.1, 0.15) is 39.7 Å². The molecule has 0 amide bonds. The first-order chi connectivity index (χ1) is 7.94. The lowest BCUT2D eigenvalue weighted by molar-refractivity contribution is -0.0756. The molecule has 17 heavy (non-hydrogen) atoms. The van der Waals surface area contributed by atoms with E-state index < -0.39 is 0 Å². The van der Waals surface area contributed by atoms with Gasteiger partial charge in [-0.3, -0.25) is 0 Å². The van der Waals surface area contributed by atoms with Crippen LogP contribution in [-0.4, -0.2) is 13.4 Å². The van der Waals surface area contributed by atoms with Gasteiger partial charge in [-0.2, -0.15) is 0 Å². The van der Waals surface area contributed by atoms with E-state index in [4.69, 9.17) is 9.47 Å². The lowest BCUT2D eigenvalue weighted by atomic mass is 9.92. The van der Waals surface area contributed by atoms with Crippen molar-refractivity contribution >= 4 is 0 Å². The molecule has 0 radical (unpaired) electrons. The van der Waals surface area contributed by atoms with Crippen molar-refractivity contribution in [1.29, 1.82) is 0 Å². The summed E-state index contributed by atoms with van der Waals surface area (Å²) in [5.74, 6) is 0.873. The smallest absolute Gasteiger partial charge is 0.200 e. The van der Waals surface area contributed by atoms with Crippen molar-refractivity contribution in [3.63, 3.8) is 0 Å². The molecule has 1 rings (SSSR count). The highest BCUT2D eigenvalue weighted by Crippen LogP contribution is 2.24. The predicted octanol–water partition coefficient (Wildman–Crippen LogP) is 4.04. The van der Waals surface area contributed by atoms with Crippen LogP contribution in [0, 0.1) is 5.41 Å². The Hall–Kier alpha value is -1.02. The van der Waals surface area contributed by atoms with E-state index in [0.717, 1.165) is 18.6 Å². The highest BCUT2D eigenvalue weighted by atomic mass is 16.7. The fraction of sp³-hybridized carbons (Fsp3) is 0.600. The number of rotatable bonds is 5. The van der Waals surface area contributed by atoms with E-state index in [1.54, 1.807) is 7.11 Å². The minimum absolute atomic E-state index is 0.178. The van der Waals surface area contributed by atoms with Gasteiger partial charge in [0.15, 0.2) is 6.29 Å². The summed E-state index contributed by atoms with van der Waals surface area (Å²) < 4.78 is 11.2. The fourth-order valence-corrected chi connectivity index (χ4v) is 1.63. The van der Waals surface area contributed by atoms with E-state index in [1.165, 1.54) is 5.56 Å². The van der Waals surface area contributed by atoms with Crippen molar-refractivity contribution in [3.8, 4) is 5.75 Å². The van der Waals surface area contributed by atoms with Crippen molar-refractivity contribution < 1.29 is 9.47 Å². The Kier molecular flexibility index (Phi) is 5.01. The maximum absolute atomic E-state index is 5.82. The van der Waals surface area contributed by atoms with Crippen LogP contribution in [-0.2, 0) is 11.2 Å². The van der Waals surface area contributed by atoms with Gasteiger partial charge in [-0.15, -0.1) is 0 Å². The first-order valence-electron chi connectivity index (χ1n) is 6.23. The van der Waals surface area contributed by atoms with E-state index in [2.05, 4.69) is 39.8 Å². The molecule has 0 spiro atoms. The summed E-state index contributed by atoms with van der Waals surface area (Å²) in [5.41, 5.74) is 1.52. The Balaban J connectivity index is 2.61. The van der Waals surface area contributed by atoms with Gasteiger partial charge in [0, 0.05) is 13.5 Å².